The predicted molar refractivity (Wildman–Crippen MR) is 80.9 cm³/mol. The summed E-state index contributed by atoms with van der Waals surface area (Å²) in [5, 5.41) is 17.9. The van der Waals surface area contributed by atoms with Gasteiger partial charge in [0, 0.05) is 11.1 Å². The van der Waals surface area contributed by atoms with Crippen molar-refractivity contribution in [2.45, 2.75) is 0 Å². The normalized spacial score (nSPS) is 10.1. The van der Waals surface area contributed by atoms with Gasteiger partial charge in [0.2, 0.25) is 5.95 Å². The first-order valence-electron chi connectivity index (χ1n) is 6.65. The van der Waals surface area contributed by atoms with Crippen LogP contribution in [0.2, 0.25) is 0 Å². The molecule has 3 aromatic rings. The van der Waals surface area contributed by atoms with E-state index in [9.17, 15) is 9.18 Å². The van der Waals surface area contributed by atoms with Gasteiger partial charge in [-0.1, -0.05) is 0 Å². The first kappa shape index (κ1) is 14.4. The highest BCUT2D eigenvalue weighted by molar-refractivity contribution is 6.03. The number of nitrogens with zero attached hydrogens (tertiary/aromatic N) is 3. The van der Waals surface area contributed by atoms with E-state index in [0.717, 1.165) is 0 Å². The molecule has 0 aliphatic carbocycles. The highest BCUT2D eigenvalue weighted by atomic mass is 19.1. The van der Waals surface area contributed by atoms with E-state index in [1.807, 2.05) is 6.07 Å². The summed E-state index contributed by atoms with van der Waals surface area (Å²) in [5.74, 6) is -0.208. The second-order valence-corrected chi connectivity index (χ2v) is 4.66. The fraction of sp³-hybridized carbons (Fsp3) is 0. The number of H-pyrrole nitrogens is 1. The van der Waals surface area contributed by atoms with Crippen LogP contribution in [0.3, 0.4) is 0 Å². The third-order valence-electron chi connectivity index (χ3n) is 3.10. The van der Waals surface area contributed by atoms with Gasteiger partial charge in [-0.25, -0.2) is 4.39 Å². The molecule has 7 heteroatoms. The van der Waals surface area contributed by atoms with E-state index in [1.54, 1.807) is 36.4 Å². The highest BCUT2D eigenvalue weighted by Crippen LogP contribution is 2.16. The van der Waals surface area contributed by atoms with E-state index in [0.29, 0.717) is 22.5 Å². The van der Waals surface area contributed by atoms with Crippen LogP contribution in [0.1, 0.15) is 15.9 Å². The topological polar surface area (TPSA) is 94.5 Å². The summed E-state index contributed by atoms with van der Waals surface area (Å²) in [7, 11) is 0. The molecule has 0 aliphatic rings. The molecular formula is C16H10FN5O. The van der Waals surface area contributed by atoms with Crippen LogP contribution in [0, 0.1) is 17.1 Å². The number of rotatable bonds is 3. The Morgan fingerprint density at radius 2 is 1.83 bits per heavy atom. The summed E-state index contributed by atoms with van der Waals surface area (Å²) in [5.41, 5.74) is 1.51. The van der Waals surface area contributed by atoms with Crippen molar-refractivity contribution in [1.29, 1.82) is 5.26 Å². The third kappa shape index (κ3) is 3.22. The van der Waals surface area contributed by atoms with Crippen molar-refractivity contribution in [2.24, 2.45) is 0 Å². The van der Waals surface area contributed by atoms with Gasteiger partial charge in [-0.15, -0.1) is 5.10 Å². The lowest BCUT2D eigenvalue weighted by atomic mass is 10.1. The Bertz CT molecular complexity index is 878. The number of hydrogen-bond donors (Lipinski definition) is 2. The number of hydrogen-bond acceptors (Lipinski definition) is 4. The molecule has 1 amide bonds. The highest BCUT2D eigenvalue weighted by Gasteiger charge is 2.11. The second-order valence-electron chi connectivity index (χ2n) is 4.66. The van der Waals surface area contributed by atoms with E-state index < -0.39 is 0 Å². The van der Waals surface area contributed by atoms with Gasteiger partial charge in [0.05, 0.1) is 11.6 Å². The minimum Gasteiger partial charge on any atom is -0.289 e. The predicted octanol–water partition coefficient (Wildman–Crippen LogP) is 2.73. The van der Waals surface area contributed by atoms with Crippen LogP contribution >= 0.6 is 0 Å². The van der Waals surface area contributed by atoms with Gasteiger partial charge in [0.25, 0.3) is 5.91 Å². The number of aromatic nitrogens is 3. The molecule has 3 rings (SSSR count). The number of anilines is 1. The Hall–Kier alpha value is -3.53. The standard InChI is InChI=1S/C16H10FN5O/c17-13-7-5-11(6-8-13)14-19-16(22-21-14)20-15(23)12-3-1-10(9-18)2-4-12/h1-8H,(H2,19,20,21,22,23). The number of carbonyl (C=O) groups excluding carboxylic acids is 1. The maximum absolute atomic E-state index is 12.9. The number of nitrogens with one attached hydrogen (secondary N) is 2. The van der Waals surface area contributed by atoms with Gasteiger partial charge in [-0.2, -0.15) is 10.2 Å². The monoisotopic (exact) mass is 307 g/mol. The van der Waals surface area contributed by atoms with Crippen molar-refractivity contribution in [3.63, 3.8) is 0 Å². The largest absolute Gasteiger partial charge is 0.289 e. The summed E-state index contributed by atoms with van der Waals surface area (Å²) in [6.45, 7) is 0. The number of amides is 1. The number of halogens is 1. The Labute approximate surface area is 130 Å². The number of aromatic amines is 1. The smallest absolute Gasteiger partial charge is 0.258 e. The fourth-order valence-corrected chi connectivity index (χ4v) is 1.92. The summed E-state index contributed by atoms with van der Waals surface area (Å²) in [4.78, 5) is 16.2. The molecule has 0 unspecified atom stereocenters. The van der Waals surface area contributed by atoms with Crippen LogP contribution < -0.4 is 5.32 Å². The van der Waals surface area contributed by atoms with Gasteiger partial charge in [0.15, 0.2) is 5.82 Å². The lowest BCUT2D eigenvalue weighted by Gasteiger charge is -2.00. The second kappa shape index (κ2) is 6.07. The molecular weight excluding hydrogens is 297 g/mol. The average molecular weight is 307 g/mol. The summed E-state index contributed by atoms with van der Waals surface area (Å²) in [6, 6.07) is 13.9. The van der Waals surface area contributed by atoms with Crippen molar-refractivity contribution >= 4 is 11.9 Å². The van der Waals surface area contributed by atoms with Gasteiger partial charge in [0.1, 0.15) is 5.82 Å². The molecule has 0 atom stereocenters. The van der Waals surface area contributed by atoms with E-state index >= 15 is 0 Å². The molecule has 0 saturated carbocycles. The molecule has 1 aromatic heterocycles. The van der Waals surface area contributed by atoms with E-state index in [1.165, 1.54) is 12.1 Å². The number of nitriles is 1. The molecule has 0 radical (unpaired) electrons. The van der Waals surface area contributed by atoms with Crippen molar-refractivity contribution in [3.8, 4) is 17.5 Å². The molecule has 0 spiro atoms. The number of carbonyl (C=O) groups is 1. The van der Waals surface area contributed by atoms with Crippen LogP contribution in [-0.2, 0) is 0 Å². The maximum atomic E-state index is 12.9. The molecule has 0 saturated heterocycles. The lowest BCUT2D eigenvalue weighted by molar-refractivity contribution is 0.102. The van der Waals surface area contributed by atoms with Crippen molar-refractivity contribution in [1.82, 2.24) is 15.2 Å². The summed E-state index contributed by atoms with van der Waals surface area (Å²) >= 11 is 0. The van der Waals surface area contributed by atoms with Crippen molar-refractivity contribution in [3.05, 3.63) is 65.5 Å². The summed E-state index contributed by atoms with van der Waals surface area (Å²) in [6.07, 6.45) is 0. The first-order chi connectivity index (χ1) is 11.2. The van der Waals surface area contributed by atoms with Gasteiger partial charge in [-0.05, 0) is 48.5 Å². The van der Waals surface area contributed by atoms with E-state index in [4.69, 9.17) is 5.26 Å². The van der Waals surface area contributed by atoms with E-state index in [-0.39, 0.29) is 17.7 Å². The molecule has 2 N–H and O–H groups in total. The molecule has 112 valence electrons. The van der Waals surface area contributed by atoms with Crippen molar-refractivity contribution < 1.29 is 9.18 Å². The summed E-state index contributed by atoms with van der Waals surface area (Å²) < 4.78 is 12.9. The SMILES string of the molecule is N#Cc1ccc(C(=O)Nc2n[nH]c(-c3ccc(F)cc3)n2)cc1. The average Bonchev–Trinajstić information content (AvgIpc) is 3.04. The van der Waals surface area contributed by atoms with Crippen molar-refractivity contribution in [2.75, 3.05) is 5.32 Å². The molecule has 0 bridgehead atoms. The molecule has 0 aliphatic heterocycles. The molecule has 0 fully saturated rings. The Morgan fingerprint density at radius 3 is 2.48 bits per heavy atom. The molecule has 2 aromatic carbocycles. The third-order valence-corrected chi connectivity index (χ3v) is 3.10. The van der Waals surface area contributed by atoms with Crippen LogP contribution in [0.25, 0.3) is 11.4 Å². The zero-order chi connectivity index (χ0) is 16.2. The quantitative estimate of drug-likeness (QED) is 0.778. The Kier molecular flexibility index (Phi) is 3.80. The minimum absolute atomic E-state index is 0.110. The molecule has 6 nitrogen and oxygen atoms in total. The Balaban J connectivity index is 1.74. The molecule has 1 heterocycles. The zero-order valence-corrected chi connectivity index (χ0v) is 11.7. The minimum atomic E-state index is -0.390. The maximum Gasteiger partial charge on any atom is 0.258 e. The zero-order valence-electron chi connectivity index (χ0n) is 11.7. The number of benzene rings is 2. The Morgan fingerprint density at radius 1 is 1.13 bits per heavy atom. The van der Waals surface area contributed by atoms with Crippen LogP contribution in [-0.4, -0.2) is 21.1 Å². The van der Waals surface area contributed by atoms with Crippen LogP contribution in [0.4, 0.5) is 10.3 Å². The first-order valence-corrected chi connectivity index (χ1v) is 6.65. The lowest BCUT2D eigenvalue weighted by Crippen LogP contribution is -2.12. The van der Waals surface area contributed by atoms with Gasteiger partial charge in [-0.3, -0.25) is 15.2 Å². The van der Waals surface area contributed by atoms with Gasteiger partial charge >= 0.3 is 0 Å². The molecule has 23 heavy (non-hydrogen) atoms. The fourth-order valence-electron chi connectivity index (χ4n) is 1.92. The van der Waals surface area contributed by atoms with E-state index in [2.05, 4.69) is 20.5 Å². The van der Waals surface area contributed by atoms with Crippen LogP contribution in [0.5, 0.6) is 0 Å². The van der Waals surface area contributed by atoms with Crippen LogP contribution in [0.15, 0.2) is 48.5 Å². The van der Waals surface area contributed by atoms with Gasteiger partial charge < -0.3 is 0 Å².